The van der Waals surface area contributed by atoms with Crippen LogP contribution in [0.1, 0.15) is 13.3 Å². The number of imidazole rings is 1. The lowest BCUT2D eigenvalue weighted by atomic mass is 10.3. The minimum atomic E-state index is -0.754. The van der Waals surface area contributed by atoms with E-state index in [-0.39, 0.29) is 5.25 Å². The van der Waals surface area contributed by atoms with E-state index in [1.54, 1.807) is 18.5 Å². The van der Waals surface area contributed by atoms with E-state index in [9.17, 15) is 4.21 Å². The first-order valence-electron chi connectivity index (χ1n) is 5.33. The van der Waals surface area contributed by atoms with Crippen LogP contribution in [-0.4, -0.2) is 31.8 Å². The number of hydrogen-bond donors (Lipinski definition) is 1. The summed E-state index contributed by atoms with van der Waals surface area (Å²) in [4.78, 5) is 4.20. The maximum Gasteiger partial charge on any atom is 0.203 e. The molecule has 0 aromatic carbocycles. The summed E-state index contributed by atoms with van der Waals surface area (Å²) in [7, 11) is -0.754. The Morgan fingerprint density at radius 1 is 1.75 bits per heavy atom. The average molecular weight is 241 g/mol. The zero-order chi connectivity index (χ0) is 12.0. The number of nitrogens with zero attached hydrogens (tertiary/aromatic N) is 2. The van der Waals surface area contributed by atoms with Gasteiger partial charge in [-0.1, -0.05) is 13.0 Å². The first kappa shape index (κ1) is 13.0. The summed E-state index contributed by atoms with van der Waals surface area (Å²) in [6.07, 6.45) is 8.12. The van der Waals surface area contributed by atoms with Gasteiger partial charge in [0.25, 0.3) is 0 Å². The molecule has 0 aliphatic rings. The van der Waals surface area contributed by atoms with Crippen LogP contribution in [0.3, 0.4) is 0 Å². The molecule has 0 spiro atoms. The predicted octanol–water partition coefficient (Wildman–Crippen LogP) is 1.64. The smallest absolute Gasteiger partial charge is 0.203 e. The van der Waals surface area contributed by atoms with E-state index in [1.165, 1.54) is 0 Å². The molecular formula is C11H19N3OS. The van der Waals surface area contributed by atoms with Crippen LogP contribution in [-0.2, 0) is 17.3 Å². The van der Waals surface area contributed by atoms with Crippen molar-refractivity contribution in [3.63, 3.8) is 0 Å². The monoisotopic (exact) mass is 241 g/mol. The minimum absolute atomic E-state index is 0.217. The Kier molecular flexibility index (Phi) is 5.25. The lowest BCUT2D eigenvalue weighted by molar-refractivity contribution is 0.622. The topological polar surface area (TPSA) is 46.9 Å². The predicted molar refractivity (Wildman–Crippen MR) is 69.1 cm³/mol. The van der Waals surface area contributed by atoms with Gasteiger partial charge in [-0.25, -0.2) is 4.98 Å². The van der Waals surface area contributed by atoms with Gasteiger partial charge < -0.3 is 9.88 Å². The second kappa shape index (κ2) is 6.48. The normalized spacial score (nSPS) is 14.4. The zero-order valence-corrected chi connectivity index (χ0v) is 10.7. The van der Waals surface area contributed by atoms with Crippen molar-refractivity contribution in [3.05, 3.63) is 25.0 Å². The fourth-order valence-corrected chi connectivity index (χ4v) is 1.74. The van der Waals surface area contributed by atoms with Crippen molar-refractivity contribution in [3.8, 4) is 0 Å². The summed E-state index contributed by atoms with van der Waals surface area (Å²) in [5.74, 6) is 0.842. The molecule has 0 aliphatic carbocycles. The second-order valence-electron chi connectivity index (χ2n) is 3.71. The van der Waals surface area contributed by atoms with E-state index >= 15 is 0 Å². The molecule has 16 heavy (non-hydrogen) atoms. The average Bonchev–Trinajstić information content (AvgIpc) is 2.70. The van der Waals surface area contributed by atoms with Crippen molar-refractivity contribution in [1.82, 2.24) is 9.55 Å². The Morgan fingerprint density at radius 2 is 2.50 bits per heavy atom. The highest BCUT2D eigenvalue weighted by atomic mass is 32.2. The first-order valence-corrected chi connectivity index (χ1v) is 6.95. The van der Waals surface area contributed by atoms with Gasteiger partial charge in [-0.3, -0.25) is 4.21 Å². The van der Waals surface area contributed by atoms with E-state index in [4.69, 9.17) is 0 Å². The van der Waals surface area contributed by atoms with Crippen molar-refractivity contribution >= 4 is 16.7 Å². The molecular weight excluding hydrogens is 222 g/mol. The van der Waals surface area contributed by atoms with Crippen LogP contribution in [0.4, 0.5) is 5.95 Å². The summed E-state index contributed by atoms with van der Waals surface area (Å²) in [5, 5.41) is 3.37. The van der Waals surface area contributed by atoms with E-state index in [0.717, 1.165) is 18.9 Å². The fraction of sp³-hybridized carbons (Fsp3) is 0.545. The van der Waals surface area contributed by atoms with Gasteiger partial charge in [0.15, 0.2) is 0 Å². The third-order valence-electron chi connectivity index (χ3n) is 2.46. The summed E-state index contributed by atoms with van der Waals surface area (Å²) in [6.45, 7) is 7.19. The van der Waals surface area contributed by atoms with Crippen molar-refractivity contribution < 1.29 is 4.21 Å². The van der Waals surface area contributed by atoms with Gasteiger partial charge in [0, 0.05) is 47.8 Å². The molecule has 0 radical (unpaired) electrons. The highest BCUT2D eigenvalue weighted by Gasteiger charge is 2.07. The molecule has 90 valence electrons. The molecule has 0 bridgehead atoms. The van der Waals surface area contributed by atoms with Crippen LogP contribution in [0.25, 0.3) is 0 Å². The minimum Gasteiger partial charge on any atom is -0.352 e. The standard InChI is InChI=1S/C11H19N3OS/c1-4-6-12-11-13-7-9-14(11)8-5-10(2)16(3)15/h4,7,9-10H,1,5-6,8H2,2-3H3,(H,12,13). The van der Waals surface area contributed by atoms with Gasteiger partial charge in [0.2, 0.25) is 5.95 Å². The molecule has 0 saturated carbocycles. The number of anilines is 1. The Hall–Kier alpha value is -1.10. The molecule has 4 nitrogen and oxygen atoms in total. The first-order chi connectivity index (χ1) is 7.65. The summed E-state index contributed by atoms with van der Waals surface area (Å²) in [5.41, 5.74) is 0. The van der Waals surface area contributed by atoms with E-state index < -0.39 is 10.8 Å². The van der Waals surface area contributed by atoms with Crippen molar-refractivity contribution in [1.29, 1.82) is 0 Å². The van der Waals surface area contributed by atoms with Gasteiger partial charge in [-0.2, -0.15) is 0 Å². The van der Waals surface area contributed by atoms with E-state index in [0.29, 0.717) is 6.54 Å². The van der Waals surface area contributed by atoms with Gasteiger partial charge in [0.05, 0.1) is 0 Å². The fourth-order valence-electron chi connectivity index (χ4n) is 1.31. The summed E-state index contributed by atoms with van der Waals surface area (Å²) in [6, 6.07) is 0. The van der Waals surface area contributed by atoms with Crippen LogP contribution >= 0.6 is 0 Å². The molecule has 0 aliphatic heterocycles. The molecule has 5 heteroatoms. The van der Waals surface area contributed by atoms with Crippen LogP contribution < -0.4 is 5.32 Å². The molecule has 2 unspecified atom stereocenters. The number of rotatable bonds is 7. The molecule has 1 aromatic heterocycles. The molecule has 1 heterocycles. The van der Waals surface area contributed by atoms with E-state index in [1.807, 2.05) is 17.7 Å². The molecule has 0 saturated heterocycles. The third kappa shape index (κ3) is 3.81. The van der Waals surface area contributed by atoms with Crippen molar-refractivity contribution in [2.24, 2.45) is 0 Å². The Morgan fingerprint density at radius 3 is 3.12 bits per heavy atom. The third-order valence-corrected chi connectivity index (χ3v) is 3.83. The molecule has 1 aromatic rings. The molecule has 1 rings (SSSR count). The van der Waals surface area contributed by atoms with Crippen LogP contribution in [0.2, 0.25) is 0 Å². The van der Waals surface area contributed by atoms with Gasteiger partial charge >= 0.3 is 0 Å². The highest BCUT2D eigenvalue weighted by molar-refractivity contribution is 7.84. The maximum atomic E-state index is 11.2. The van der Waals surface area contributed by atoms with Crippen molar-refractivity contribution in [2.75, 3.05) is 18.1 Å². The second-order valence-corrected chi connectivity index (χ2v) is 5.51. The Labute approximate surface area is 99.2 Å². The van der Waals surface area contributed by atoms with Crippen LogP contribution in [0, 0.1) is 0 Å². The van der Waals surface area contributed by atoms with Gasteiger partial charge in [-0.15, -0.1) is 6.58 Å². The van der Waals surface area contributed by atoms with E-state index in [2.05, 4.69) is 16.9 Å². The molecule has 0 fully saturated rings. The number of nitrogens with one attached hydrogen (secondary N) is 1. The largest absolute Gasteiger partial charge is 0.352 e. The number of aromatic nitrogens is 2. The number of hydrogen-bond acceptors (Lipinski definition) is 3. The van der Waals surface area contributed by atoms with Crippen LogP contribution in [0.15, 0.2) is 25.0 Å². The van der Waals surface area contributed by atoms with Gasteiger partial charge in [0.1, 0.15) is 0 Å². The lowest BCUT2D eigenvalue weighted by Gasteiger charge is -2.11. The highest BCUT2D eigenvalue weighted by Crippen LogP contribution is 2.08. The molecule has 1 N–H and O–H groups in total. The Bertz CT molecular complexity index is 362. The maximum absolute atomic E-state index is 11.2. The Balaban J connectivity index is 2.50. The summed E-state index contributed by atoms with van der Waals surface area (Å²) >= 11 is 0. The van der Waals surface area contributed by atoms with Crippen LogP contribution in [0.5, 0.6) is 0 Å². The van der Waals surface area contributed by atoms with Gasteiger partial charge in [-0.05, 0) is 6.42 Å². The lowest BCUT2D eigenvalue weighted by Crippen LogP contribution is -2.14. The zero-order valence-electron chi connectivity index (χ0n) is 9.85. The SMILES string of the molecule is C=CCNc1nccn1CCC(C)S(C)=O. The van der Waals surface area contributed by atoms with Crippen molar-refractivity contribution in [2.45, 2.75) is 25.1 Å². The summed E-state index contributed by atoms with van der Waals surface area (Å²) < 4.78 is 13.3. The number of aryl methyl sites for hydroxylation is 1. The molecule has 2 atom stereocenters. The molecule has 0 amide bonds. The quantitative estimate of drug-likeness (QED) is 0.738.